The molecule has 1 saturated heterocycles. The summed E-state index contributed by atoms with van der Waals surface area (Å²) in [6, 6.07) is 7.37. The number of nitrogens with zero attached hydrogens (tertiary/aromatic N) is 1. The van der Waals surface area contributed by atoms with E-state index in [0.29, 0.717) is 13.1 Å². The minimum absolute atomic E-state index is 0.0335. The largest absolute Gasteiger partial charge is 0.497 e. The van der Waals surface area contributed by atoms with Crippen LogP contribution in [0.1, 0.15) is 50.5 Å². The van der Waals surface area contributed by atoms with Gasteiger partial charge in [0.05, 0.1) is 7.11 Å². The van der Waals surface area contributed by atoms with Gasteiger partial charge in [-0.25, -0.2) is 0 Å². The summed E-state index contributed by atoms with van der Waals surface area (Å²) in [6.45, 7) is 1.17. The number of carbonyl (C=O) groups is 2. The summed E-state index contributed by atoms with van der Waals surface area (Å²) in [5.74, 6) is 1.07. The van der Waals surface area contributed by atoms with E-state index in [2.05, 4.69) is 5.32 Å². The molecule has 0 unspecified atom stereocenters. The predicted molar refractivity (Wildman–Crippen MR) is 96.2 cm³/mol. The minimum atomic E-state index is -0.313. The molecule has 2 aliphatic rings. The van der Waals surface area contributed by atoms with Gasteiger partial charge in [0.2, 0.25) is 11.8 Å². The number of nitrogens with one attached hydrogen (secondary N) is 1. The Morgan fingerprint density at radius 3 is 2.68 bits per heavy atom. The zero-order chi connectivity index (χ0) is 17.6. The number of ether oxygens (including phenoxy) is 1. The van der Waals surface area contributed by atoms with Crippen LogP contribution in [0.25, 0.3) is 0 Å². The molecule has 5 nitrogen and oxygen atoms in total. The van der Waals surface area contributed by atoms with Gasteiger partial charge in [0.15, 0.2) is 0 Å². The zero-order valence-electron chi connectivity index (χ0n) is 15.0. The third-order valence-corrected chi connectivity index (χ3v) is 5.39. The molecule has 1 aromatic rings. The fourth-order valence-corrected chi connectivity index (χ4v) is 3.96. The maximum absolute atomic E-state index is 12.8. The van der Waals surface area contributed by atoms with Crippen LogP contribution in [0.5, 0.6) is 5.75 Å². The molecule has 1 heterocycles. The Hall–Kier alpha value is -2.04. The number of methoxy groups -OCH3 is 1. The second-order valence-corrected chi connectivity index (χ2v) is 7.09. The van der Waals surface area contributed by atoms with Crippen LogP contribution in [0.15, 0.2) is 24.3 Å². The fourth-order valence-electron chi connectivity index (χ4n) is 3.96. The van der Waals surface area contributed by atoms with Crippen molar-refractivity contribution in [3.63, 3.8) is 0 Å². The topological polar surface area (TPSA) is 58.6 Å². The van der Waals surface area contributed by atoms with Crippen LogP contribution < -0.4 is 10.1 Å². The number of hydrogen-bond donors (Lipinski definition) is 1. The third-order valence-electron chi connectivity index (χ3n) is 5.39. The quantitative estimate of drug-likeness (QED) is 0.893. The van der Waals surface area contributed by atoms with E-state index in [1.54, 1.807) is 7.11 Å². The van der Waals surface area contributed by atoms with Crippen molar-refractivity contribution in [1.29, 1.82) is 0 Å². The van der Waals surface area contributed by atoms with Crippen molar-refractivity contribution < 1.29 is 14.3 Å². The first-order valence-corrected chi connectivity index (χ1v) is 9.40. The number of hydrogen-bond acceptors (Lipinski definition) is 3. The lowest BCUT2D eigenvalue weighted by molar-refractivity contribution is -0.145. The van der Waals surface area contributed by atoms with Crippen LogP contribution in [-0.2, 0) is 16.1 Å². The molecule has 1 saturated carbocycles. The second kappa shape index (κ2) is 8.37. The smallest absolute Gasteiger partial charge is 0.243 e. The van der Waals surface area contributed by atoms with E-state index in [1.807, 2.05) is 29.2 Å². The van der Waals surface area contributed by atoms with Crippen LogP contribution in [0.4, 0.5) is 0 Å². The molecule has 5 heteroatoms. The molecule has 1 atom stereocenters. The number of amides is 2. The molecule has 3 rings (SSSR count). The van der Waals surface area contributed by atoms with E-state index < -0.39 is 0 Å². The summed E-state index contributed by atoms with van der Waals surface area (Å²) in [4.78, 5) is 27.4. The summed E-state index contributed by atoms with van der Waals surface area (Å²) in [6.07, 6.45) is 7.00. The molecular formula is C20H28N2O3. The number of carbonyl (C=O) groups excluding carboxylic acids is 2. The molecule has 25 heavy (non-hydrogen) atoms. The molecule has 1 aliphatic heterocycles. The first-order chi connectivity index (χ1) is 12.2. The third kappa shape index (κ3) is 4.33. The van der Waals surface area contributed by atoms with Crippen molar-refractivity contribution in [3.05, 3.63) is 29.8 Å². The Labute approximate surface area is 149 Å². The molecule has 2 fully saturated rings. The summed E-state index contributed by atoms with van der Waals surface area (Å²) in [7, 11) is 1.63. The van der Waals surface area contributed by atoms with E-state index in [-0.39, 0.29) is 23.8 Å². The van der Waals surface area contributed by atoms with Crippen molar-refractivity contribution in [1.82, 2.24) is 10.2 Å². The highest BCUT2D eigenvalue weighted by Crippen LogP contribution is 2.29. The van der Waals surface area contributed by atoms with Gasteiger partial charge >= 0.3 is 0 Å². The SMILES string of the molecule is COc1cccc(CNC(=O)[C@@H]2CCCCN2C(=O)C2CCCC2)c1. The molecule has 1 N–H and O–H groups in total. The minimum Gasteiger partial charge on any atom is -0.497 e. The van der Waals surface area contributed by atoms with Crippen molar-refractivity contribution in [2.24, 2.45) is 5.92 Å². The van der Waals surface area contributed by atoms with Gasteiger partial charge in [-0.1, -0.05) is 25.0 Å². The number of piperidine rings is 1. The van der Waals surface area contributed by atoms with Crippen LogP contribution >= 0.6 is 0 Å². The number of rotatable bonds is 5. The molecule has 1 aliphatic carbocycles. The van der Waals surface area contributed by atoms with E-state index in [0.717, 1.165) is 56.3 Å². The summed E-state index contributed by atoms with van der Waals surface area (Å²) < 4.78 is 5.22. The van der Waals surface area contributed by atoms with E-state index in [1.165, 1.54) is 0 Å². The molecule has 0 aromatic heterocycles. The average Bonchev–Trinajstić information content (AvgIpc) is 3.20. The standard InChI is InChI=1S/C20H28N2O3/c1-25-17-10-6-7-15(13-17)14-21-19(23)18-11-4-5-12-22(18)20(24)16-8-2-3-9-16/h6-7,10,13,16,18H,2-5,8-9,11-12,14H2,1H3,(H,21,23)/t18-/m0/s1. The summed E-state index contributed by atoms with van der Waals surface area (Å²) in [5.41, 5.74) is 0.997. The lowest BCUT2D eigenvalue weighted by Gasteiger charge is -2.36. The Balaban J connectivity index is 1.61. The second-order valence-electron chi connectivity index (χ2n) is 7.09. The summed E-state index contributed by atoms with van der Waals surface area (Å²) in [5, 5.41) is 3.01. The molecule has 0 radical (unpaired) electrons. The molecule has 136 valence electrons. The Morgan fingerprint density at radius 2 is 1.92 bits per heavy atom. The van der Waals surface area contributed by atoms with Crippen molar-refractivity contribution in [2.45, 2.75) is 57.5 Å². The maximum Gasteiger partial charge on any atom is 0.243 e. The molecule has 0 spiro atoms. The van der Waals surface area contributed by atoms with Crippen LogP contribution in [0.3, 0.4) is 0 Å². The van der Waals surface area contributed by atoms with Gasteiger partial charge in [-0.15, -0.1) is 0 Å². The Kier molecular flexibility index (Phi) is 5.95. The van der Waals surface area contributed by atoms with Crippen LogP contribution in [0, 0.1) is 5.92 Å². The lowest BCUT2D eigenvalue weighted by atomic mass is 9.97. The monoisotopic (exact) mass is 344 g/mol. The van der Waals surface area contributed by atoms with Crippen molar-refractivity contribution in [2.75, 3.05) is 13.7 Å². The van der Waals surface area contributed by atoms with Gasteiger partial charge in [0.1, 0.15) is 11.8 Å². The highest BCUT2D eigenvalue weighted by Gasteiger charge is 2.36. The first kappa shape index (κ1) is 17.8. The van der Waals surface area contributed by atoms with Crippen LogP contribution in [0.2, 0.25) is 0 Å². The summed E-state index contributed by atoms with van der Waals surface area (Å²) >= 11 is 0. The zero-order valence-corrected chi connectivity index (χ0v) is 15.0. The highest BCUT2D eigenvalue weighted by atomic mass is 16.5. The van der Waals surface area contributed by atoms with Gasteiger partial charge < -0.3 is 15.0 Å². The lowest BCUT2D eigenvalue weighted by Crippen LogP contribution is -2.53. The molecule has 1 aromatic carbocycles. The Morgan fingerprint density at radius 1 is 1.16 bits per heavy atom. The predicted octanol–water partition coefficient (Wildman–Crippen LogP) is 2.88. The highest BCUT2D eigenvalue weighted by molar-refractivity contribution is 5.88. The van der Waals surface area contributed by atoms with Gasteiger partial charge in [-0.2, -0.15) is 0 Å². The normalized spacial score (nSPS) is 21.2. The van der Waals surface area contributed by atoms with E-state index in [4.69, 9.17) is 4.74 Å². The van der Waals surface area contributed by atoms with E-state index in [9.17, 15) is 9.59 Å². The van der Waals surface area contributed by atoms with Crippen molar-refractivity contribution in [3.8, 4) is 5.75 Å². The van der Waals surface area contributed by atoms with Gasteiger partial charge in [0.25, 0.3) is 0 Å². The molecule has 0 bridgehead atoms. The Bertz CT molecular complexity index is 611. The maximum atomic E-state index is 12.8. The van der Waals surface area contributed by atoms with Gasteiger partial charge in [0, 0.05) is 19.0 Å². The van der Waals surface area contributed by atoms with E-state index >= 15 is 0 Å². The molecular weight excluding hydrogens is 316 g/mol. The fraction of sp³-hybridized carbons (Fsp3) is 0.600. The average molecular weight is 344 g/mol. The van der Waals surface area contributed by atoms with Gasteiger partial charge in [-0.3, -0.25) is 9.59 Å². The van der Waals surface area contributed by atoms with Crippen molar-refractivity contribution >= 4 is 11.8 Å². The van der Waals surface area contributed by atoms with Crippen LogP contribution in [-0.4, -0.2) is 36.4 Å². The molecule has 2 amide bonds. The van der Waals surface area contributed by atoms with Gasteiger partial charge in [-0.05, 0) is 49.8 Å². The first-order valence-electron chi connectivity index (χ1n) is 9.40. The number of likely N-dealkylation sites (tertiary alicyclic amines) is 1. The number of benzene rings is 1.